The van der Waals surface area contributed by atoms with E-state index in [1.807, 2.05) is 0 Å². The van der Waals surface area contributed by atoms with E-state index in [0.29, 0.717) is 11.1 Å². The van der Waals surface area contributed by atoms with E-state index in [9.17, 15) is 18.0 Å². The van der Waals surface area contributed by atoms with Crippen LogP contribution in [0.3, 0.4) is 0 Å². The van der Waals surface area contributed by atoms with Gasteiger partial charge in [0.2, 0.25) is 0 Å². The molecule has 2 rings (SSSR count). The third-order valence-corrected chi connectivity index (χ3v) is 2.82. The van der Waals surface area contributed by atoms with E-state index in [1.54, 1.807) is 19.2 Å². The van der Waals surface area contributed by atoms with E-state index in [0.717, 1.165) is 17.7 Å². The van der Waals surface area contributed by atoms with Crippen LogP contribution in [0.15, 0.2) is 42.7 Å². The molecule has 2 nitrogen and oxygen atoms in total. The monoisotopic (exact) mass is 279 g/mol. The molecular formula is C15H12F3NO. The van der Waals surface area contributed by atoms with Crippen LogP contribution in [0.1, 0.15) is 27.0 Å². The molecule has 0 spiro atoms. The Morgan fingerprint density at radius 2 is 1.95 bits per heavy atom. The summed E-state index contributed by atoms with van der Waals surface area (Å²) in [6, 6.07) is 6.47. The summed E-state index contributed by atoms with van der Waals surface area (Å²) in [7, 11) is 0. The molecule has 20 heavy (non-hydrogen) atoms. The SMILES string of the molecule is Cc1cncc(C(=O)Cc2cccc(C(F)(F)F)c2)c1. The van der Waals surface area contributed by atoms with Crippen LogP contribution in [-0.4, -0.2) is 10.8 Å². The van der Waals surface area contributed by atoms with Gasteiger partial charge in [0.1, 0.15) is 0 Å². The molecule has 0 N–H and O–H groups in total. The van der Waals surface area contributed by atoms with Crippen molar-refractivity contribution in [3.63, 3.8) is 0 Å². The number of rotatable bonds is 3. The van der Waals surface area contributed by atoms with Crippen molar-refractivity contribution >= 4 is 5.78 Å². The predicted molar refractivity (Wildman–Crippen MR) is 68.5 cm³/mol. The molecule has 0 radical (unpaired) electrons. The van der Waals surface area contributed by atoms with Crippen LogP contribution in [0.5, 0.6) is 0 Å². The molecule has 0 atom stereocenters. The quantitative estimate of drug-likeness (QED) is 0.799. The van der Waals surface area contributed by atoms with Gasteiger partial charge in [0.15, 0.2) is 5.78 Å². The van der Waals surface area contributed by atoms with Crippen molar-refractivity contribution in [3.05, 3.63) is 65.0 Å². The van der Waals surface area contributed by atoms with Crippen LogP contribution in [-0.2, 0) is 12.6 Å². The highest BCUT2D eigenvalue weighted by Gasteiger charge is 2.30. The lowest BCUT2D eigenvalue weighted by Crippen LogP contribution is -2.08. The first-order chi connectivity index (χ1) is 9.36. The lowest BCUT2D eigenvalue weighted by Gasteiger charge is -2.08. The van der Waals surface area contributed by atoms with Crippen LogP contribution in [0, 0.1) is 6.92 Å². The maximum atomic E-state index is 12.6. The number of carbonyl (C=O) groups is 1. The van der Waals surface area contributed by atoms with Crippen molar-refractivity contribution in [2.75, 3.05) is 0 Å². The summed E-state index contributed by atoms with van der Waals surface area (Å²) in [6.45, 7) is 1.80. The Labute approximate surface area is 114 Å². The maximum absolute atomic E-state index is 12.6. The van der Waals surface area contributed by atoms with Gasteiger partial charge in [-0.15, -0.1) is 0 Å². The van der Waals surface area contributed by atoms with Gasteiger partial charge < -0.3 is 0 Å². The molecule has 1 aromatic carbocycles. The fourth-order valence-corrected chi connectivity index (χ4v) is 1.85. The van der Waals surface area contributed by atoms with E-state index in [4.69, 9.17) is 0 Å². The Hall–Kier alpha value is -2.17. The highest BCUT2D eigenvalue weighted by Crippen LogP contribution is 2.29. The van der Waals surface area contributed by atoms with Gasteiger partial charge in [-0.05, 0) is 30.2 Å². The number of nitrogens with zero attached hydrogens (tertiary/aromatic N) is 1. The average Bonchev–Trinajstić information content (AvgIpc) is 2.38. The first-order valence-corrected chi connectivity index (χ1v) is 5.97. The van der Waals surface area contributed by atoms with Crippen LogP contribution in [0.4, 0.5) is 13.2 Å². The normalized spacial score (nSPS) is 11.4. The summed E-state index contributed by atoms with van der Waals surface area (Å²) in [6.07, 6.45) is -1.44. The van der Waals surface area contributed by atoms with Crippen LogP contribution in [0.25, 0.3) is 0 Å². The number of ketones is 1. The van der Waals surface area contributed by atoms with Crippen molar-refractivity contribution in [1.82, 2.24) is 4.98 Å². The first-order valence-electron chi connectivity index (χ1n) is 5.97. The highest BCUT2D eigenvalue weighted by molar-refractivity contribution is 5.97. The number of benzene rings is 1. The number of aromatic nitrogens is 1. The van der Waals surface area contributed by atoms with E-state index in [-0.39, 0.29) is 12.2 Å². The van der Waals surface area contributed by atoms with Crippen molar-refractivity contribution < 1.29 is 18.0 Å². The molecule has 5 heteroatoms. The van der Waals surface area contributed by atoms with Gasteiger partial charge >= 0.3 is 6.18 Å². The summed E-state index contributed by atoms with van der Waals surface area (Å²) >= 11 is 0. The number of pyridine rings is 1. The second-order valence-electron chi connectivity index (χ2n) is 4.55. The molecule has 0 aliphatic rings. The lowest BCUT2D eigenvalue weighted by molar-refractivity contribution is -0.137. The fraction of sp³-hybridized carbons (Fsp3) is 0.200. The van der Waals surface area contributed by atoms with Gasteiger partial charge in [-0.1, -0.05) is 18.2 Å². The zero-order chi connectivity index (χ0) is 14.8. The fourth-order valence-electron chi connectivity index (χ4n) is 1.85. The van der Waals surface area contributed by atoms with E-state index >= 15 is 0 Å². The molecule has 1 aromatic heterocycles. The maximum Gasteiger partial charge on any atom is 0.416 e. The second kappa shape index (κ2) is 5.45. The van der Waals surface area contributed by atoms with Crippen molar-refractivity contribution in [1.29, 1.82) is 0 Å². The summed E-state index contributed by atoms with van der Waals surface area (Å²) in [5.41, 5.74) is 0.832. The largest absolute Gasteiger partial charge is 0.416 e. The minimum atomic E-state index is -4.40. The Balaban J connectivity index is 2.20. The van der Waals surface area contributed by atoms with Crippen molar-refractivity contribution in [2.45, 2.75) is 19.5 Å². The van der Waals surface area contributed by atoms with E-state index in [1.165, 1.54) is 18.3 Å². The van der Waals surface area contributed by atoms with E-state index < -0.39 is 11.7 Å². The molecule has 0 saturated heterocycles. The van der Waals surface area contributed by atoms with Gasteiger partial charge in [-0.3, -0.25) is 9.78 Å². The minimum absolute atomic E-state index is 0.0744. The molecule has 104 valence electrons. The highest BCUT2D eigenvalue weighted by atomic mass is 19.4. The van der Waals surface area contributed by atoms with Gasteiger partial charge in [0.25, 0.3) is 0 Å². The molecule has 0 fully saturated rings. The number of carbonyl (C=O) groups excluding carboxylic acids is 1. The minimum Gasteiger partial charge on any atom is -0.294 e. The van der Waals surface area contributed by atoms with Crippen LogP contribution < -0.4 is 0 Å². The number of hydrogen-bond acceptors (Lipinski definition) is 2. The zero-order valence-electron chi connectivity index (χ0n) is 10.7. The molecule has 0 unspecified atom stereocenters. The zero-order valence-corrected chi connectivity index (χ0v) is 10.7. The Kier molecular flexibility index (Phi) is 3.88. The molecule has 0 aliphatic carbocycles. The average molecular weight is 279 g/mol. The van der Waals surface area contributed by atoms with Gasteiger partial charge in [-0.2, -0.15) is 13.2 Å². The number of alkyl halides is 3. The Morgan fingerprint density at radius 1 is 1.20 bits per heavy atom. The molecule has 1 heterocycles. The summed E-state index contributed by atoms with van der Waals surface area (Å²) in [5, 5.41) is 0. The summed E-state index contributed by atoms with van der Waals surface area (Å²) in [5.74, 6) is -0.250. The molecule has 0 bridgehead atoms. The Bertz CT molecular complexity index is 635. The van der Waals surface area contributed by atoms with Gasteiger partial charge in [0, 0.05) is 24.4 Å². The molecule has 0 saturated carbocycles. The standard InChI is InChI=1S/C15H12F3NO/c1-10-5-12(9-19-8-10)14(20)7-11-3-2-4-13(6-11)15(16,17)18/h2-6,8-9H,7H2,1H3. The second-order valence-corrected chi connectivity index (χ2v) is 4.55. The topological polar surface area (TPSA) is 30.0 Å². The molecular weight excluding hydrogens is 267 g/mol. The third-order valence-electron chi connectivity index (χ3n) is 2.82. The van der Waals surface area contributed by atoms with E-state index in [2.05, 4.69) is 4.98 Å². The molecule has 0 aliphatic heterocycles. The molecule has 0 amide bonds. The third kappa shape index (κ3) is 3.44. The number of hydrogen-bond donors (Lipinski definition) is 0. The number of Topliss-reactive ketones (excluding diaryl/α,β-unsaturated/α-hetero) is 1. The molecule has 2 aromatic rings. The van der Waals surface area contributed by atoms with Gasteiger partial charge in [-0.25, -0.2) is 0 Å². The smallest absolute Gasteiger partial charge is 0.294 e. The summed E-state index contributed by atoms with van der Waals surface area (Å²) < 4.78 is 37.8. The van der Waals surface area contributed by atoms with Crippen LogP contribution >= 0.6 is 0 Å². The van der Waals surface area contributed by atoms with Crippen molar-refractivity contribution in [3.8, 4) is 0 Å². The predicted octanol–water partition coefficient (Wildman–Crippen LogP) is 3.83. The lowest BCUT2D eigenvalue weighted by atomic mass is 10.0. The summed E-state index contributed by atoms with van der Waals surface area (Å²) in [4.78, 5) is 15.9. The van der Waals surface area contributed by atoms with Crippen molar-refractivity contribution in [2.24, 2.45) is 0 Å². The Morgan fingerprint density at radius 3 is 2.60 bits per heavy atom. The number of aryl methyl sites for hydroxylation is 1. The van der Waals surface area contributed by atoms with Gasteiger partial charge in [0.05, 0.1) is 5.56 Å². The number of halogens is 3. The first kappa shape index (κ1) is 14.2. The van der Waals surface area contributed by atoms with Crippen LogP contribution in [0.2, 0.25) is 0 Å².